The topological polar surface area (TPSA) is 52.7 Å². The minimum atomic E-state index is -0.208. The lowest BCUT2D eigenvalue weighted by molar-refractivity contribution is 0.0827. The molecule has 1 heterocycles. The molecule has 1 aromatic heterocycles. The highest BCUT2D eigenvalue weighted by Gasteiger charge is 2.12. The average molecular weight is 317 g/mol. The Morgan fingerprint density at radius 2 is 1.95 bits per heavy atom. The summed E-state index contributed by atoms with van der Waals surface area (Å²) in [5, 5.41) is 6.81. The Morgan fingerprint density at radius 1 is 1.18 bits per heavy atom. The van der Waals surface area contributed by atoms with Gasteiger partial charge in [-0.05, 0) is 40.6 Å². The van der Waals surface area contributed by atoms with E-state index in [2.05, 4.69) is 5.32 Å². The molecule has 116 valence electrons. The normalized spacial score (nSPS) is 10.1. The summed E-state index contributed by atoms with van der Waals surface area (Å²) >= 11 is 1.60. The van der Waals surface area contributed by atoms with Gasteiger partial charge in [-0.2, -0.15) is 11.3 Å². The quantitative estimate of drug-likeness (QED) is 0.942. The van der Waals surface area contributed by atoms with Crippen molar-refractivity contribution in [1.82, 2.24) is 9.80 Å². The molecule has 0 fully saturated rings. The summed E-state index contributed by atoms with van der Waals surface area (Å²) in [4.78, 5) is 27.2. The Kier molecular flexibility index (Phi) is 5.16. The minimum Gasteiger partial charge on any atom is -0.345 e. The number of benzene rings is 1. The molecule has 0 saturated heterocycles. The largest absolute Gasteiger partial charge is 0.345 e. The third-order valence-corrected chi connectivity index (χ3v) is 3.85. The Labute approximate surface area is 134 Å². The Morgan fingerprint density at radius 3 is 2.59 bits per heavy atom. The van der Waals surface area contributed by atoms with Crippen molar-refractivity contribution >= 4 is 29.0 Å². The van der Waals surface area contributed by atoms with Gasteiger partial charge >= 0.3 is 6.03 Å². The van der Waals surface area contributed by atoms with Crippen molar-refractivity contribution in [2.45, 2.75) is 6.54 Å². The first kappa shape index (κ1) is 16.0. The van der Waals surface area contributed by atoms with Crippen LogP contribution in [-0.4, -0.2) is 42.9 Å². The number of carbonyl (C=O) groups excluding carboxylic acids is 2. The molecule has 0 atom stereocenters. The molecular formula is C16H19N3O2S. The van der Waals surface area contributed by atoms with Crippen LogP contribution in [0.2, 0.25) is 0 Å². The lowest BCUT2D eigenvalue weighted by Crippen LogP contribution is -2.30. The highest BCUT2D eigenvalue weighted by atomic mass is 32.1. The molecule has 0 aliphatic heterocycles. The maximum absolute atomic E-state index is 12.2. The first-order valence-electron chi connectivity index (χ1n) is 6.82. The fraction of sp³-hybridized carbons (Fsp3) is 0.250. The standard InChI is InChI=1S/C16H19N3O2S/c1-18(2)15(20)13-5-4-6-14(9-13)17-16(21)19(3)10-12-7-8-22-11-12/h4-9,11H,10H2,1-3H3,(H,17,21). The predicted molar refractivity (Wildman–Crippen MR) is 89.3 cm³/mol. The summed E-state index contributed by atoms with van der Waals surface area (Å²) in [6, 6.07) is 8.71. The van der Waals surface area contributed by atoms with E-state index in [4.69, 9.17) is 0 Å². The zero-order valence-corrected chi connectivity index (χ0v) is 13.7. The Balaban J connectivity index is 2.02. The van der Waals surface area contributed by atoms with Crippen LogP contribution in [0.3, 0.4) is 0 Å². The number of nitrogens with zero attached hydrogens (tertiary/aromatic N) is 2. The number of urea groups is 1. The third kappa shape index (κ3) is 4.08. The van der Waals surface area contributed by atoms with Crippen LogP contribution in [-0.2, 0) is 6.54 Å². The van der Waals surface area contributed by atoms with Gasteiger partial charge in [-0.25, -0.2) is 4.79 Å². The van der Waals surface area contributed by atoms with Gasteiger partial charge in [-0.3, -0.25) is 4.79 Å². The molecule has 5 nitrogen and oxygen atoms in total. The zero-order valence-electron chi connectivity index (χ0n) is 12.9. The smallest absolute Gasteiger partial charge is 0.321 e. The molecule has 3 amide bonds. The minimum absolute atomic E-state index is 0.0947. The molecule has 0 aliphatic rings. The lowest BCUT2D eigenvalue weighted by Gasteiger charge is -2.18. The fourth-order valence-electron chi connectivity index (χ4n) is 1.94. The Hall–Kier alpha value is -2.34. The van der Waals surface area contributed by atoms with E-state index in [1.807, 2.05) is 16.8 Å². The van der Waals surface area contributed by atoms with Gasteiger partial charge in [0.1, 0.15) is 0 Å². The van der Waals surface area contributed by atoms with Crippen LogP contribution in [0.4, 0.5) is 10.5 Å². The van der Waals surface area contributed by atoms with Crippen LogP contribution in [0.1, 0.15) is 15.9 Å². The van der Waals surface area contributed by atoms with Crippen molar-refractivity contribution in [1.29, 1.82) is 0 Å². The second-order valence-electron chi connectivity index (χ2n) is 5.20. The predicted octanol–water partition coefficient (Wildman–Crippen LogP) is 3.11. The number of thiophene rings is 1. The van der Waals surface area contributed by atoms with E-state index in [-0.39, 0.29) is 11.9 Å². The van der Waals surface area contributed by atoms with Gasteiger partial charge in [0.2, 0.25) is 0 Å². The summed E-state index contributed by atoms with van der Waals surface area (Å²) in [5.41, 5.74) is 2.25. The number of carbonyl (C=O) groups is 2. The number of nitrogens with one attached hydrogen (secondary N) is 1. The van der Waals surface area contributed by atoms with Crippen LogP contribution in [0.5, 0.6) is 0 Å². The molecular weight excluding hydrogens is 298 g/mol. The molecule has 0 radical (unpaired) electrons. The maximum atomic E-state index is 12.2. The SMILES string of the molecule is CN(C)C(=O)c1cccc(NC(=O)N(C)Cc2ccsc2)c1. The molecule has 2 aromatic rings. The molecule has 0 saturated carbocycles. The Bertz CT molecular complexity index is 653. The van der Waals surface area contributed by atoms with E-state index in [1.165, 1.54) is 4.90 Å². The first-order chi connectivity index (χ1) is 10.5. The van der Waals surface area contributed by atoms with Gasteiger partial charge < -0.3 is 15.1 Å². The first-order valence-corrected chi connectivity index (χ1v) is 7.76. The number of rotatable bonds is 4. The molecule has 0 spiro atoms. The summed E-state index contributed by atoms with van der Waals surface area (Å²) in [6.45, 7) is 0.547. The van der Waals surface area contributed by atoms with Crippen LogP contribution >= 0.6 is 11.3 Å². The van der Waals surface area contributed by atoms with E-state index >= 15 is 0 Å². The monoisotopic (exact) mass is 317 g/mol. The van der Waals surface area contributed by atoms with Crippen LogP contribution in [0, 0.1) is 0 Å². The maximum Gasteiger partial charge on any atom is 0.321 e. The summed E-state index contributed by atoms with van der Waals surface area (Å²) in [6.07, 6.45) is 0. The highest BCUT2D eigenvalue weighted by Crippen LogP contribution is 2.14. The molecule has 0 aliphatic carbocycles. The van der Waals surface area contributed by atoms with Gasteiger partial charge in [-0.1, -0.05) is 6.07 Å². The van der Waals surface area contributed by atoms with Gasteiger partial charge in [0.15, 0.2) is 0 Å². The van der Waals surface area contributed by atoms with E-state index in [0.29, 0.717) is 17.8 Å². The summed E-state index contributed by atoms with van der Waals surface area (Å²) in [5.74, 6) is -0.0947. The molecule has 0 unspecified atom stereocenters. The van der Waals surface area contributed by atoms with E-state index in [1.54, 1.807) is 61.6 Å². The van der Waals surface area contributed by atoms with E-state index in [0.717, 1.165) is 5.56 Å². The summed E-state index contributed by atoms with van der Waals surface area (Å²) in [7, 11) is 5.13. The van der Waals surface area contributed by atoms with Crippen molar-refractivity contribution < 1.29 is 9.59 Å². The van der Waals surface area contributed by atoms with Gasteiger partial charge in [-0.15, -0.1) is 0 Å². The second-order valence-corrected chi connectivity index (χ2v) is 5.98. The highest BCUT2D eigenvalue weighted by molar-refractivity contribution is 7.07. The van der Waals surface area contributed by atoms with Crippen molar-refractivity contribution in [3.8, 4) is 0 Å². The van der Waals surface area contributed by atoms with Crippen LogP contribution < -0.4 is 5.32 Å². The number of anilines is 1. The third-order valence-electron chi connectivity index (χ3n) is 3.11. The molecule has 1 aromatic carbocycles. The van der Waals surface area contributed by atoms with E-state index in [9.17, 15) is 9.59 Å². The van der Waals surface area contributed by atoms with Crippen LogP contribution in [0.15, 0.2) is 41.1 Å². The molecule has 6 heteroatoms. The fourth-order valence-corrected chi connectivity index (χ4v) is 2.60. The van der Waals surface area contributed by atoms with E-state index < -0.39 is 0 Å². The van der Waals surface area contributed by atoms with Crippen molar-refractivity contribution in [3.63, 3.8) is 0 Å². The number of amides is 3. The zero-order chi connectivity index (χ0) is 16.1. The van der Waals surface area contributed by atoms with Crippen molar-refractivity contribution in [2.75, 3.05) is 26.5 Å². The number of hydrogen-bond donors (Lipinski definition) is 1. The van der Waals surface area contributed by atoms with Crippen molar-refractivity contribution in [3.05, 3.63) is 52.2 Å². The number of hydrogen-bond acceptors (Lipinski definition) is 3. The second kappa shape index (κ2) is 7.09. The van der Waals surface area contributed by atoms with Gasteiger partial charge in [0, 0.05) is 38.9 Å². The molecule has 0 bridgehead atoms. The summed E-state index contributed by atoms with van der Waals surface area (Å²) < 4.78 is 0. The molecule has 2 rings (SSSR count). The average Bonchev–Trinajstić information content (AvgIpc) is 2.99. The van der Waals surface area contributed by atoms with Gasteiger partial charge in [0.25, 0.3) is 5.91 Å². The van der Waals surface area contributed by atoms with Gasteiger partial charge in [0.05, 0.1) is 0 Å². The molecule has 22 heavy (non-hydrogen) atoms. The van der Waals surface area contributed by atoms with Crippen LogP contribution in [0.25, 0.3) is 0 Å². The van der Waals surface area contributed by atoms with Crippen molar-refractivity contribution in [2.24, 2.45) is 0 Å². The molecule has 1 N–H and O–H groups in total. The lowest BCUT2D eigenvalue weighted by atomic mass is 10.2.